The van der Waals surface area contributed by atoms with Gasteiger partial charge in [0.1, 0.15) is 6.04 Å². The van der Waals surface area contributed by atoms with Crippen molar-refractivity contribution in [3.63, 3.8) is 0 Å². The van der Waals surface area contributed by atoms with Crippen LogP contribution >= 0.6 is 0 Å². The predicted octanol–water partition coefficient (Wildman–Crippen LogP) is 1.88. The third-order valence-electron chi connectivity index (χ3n) is 5.06. The number of likely N-dealkylation sites (tertiary alicyclic amines) is 1. The van der Waals surface area contributed by atoms with Crippen LogP contribution in [-0.2, 0) is 17.9 Å². The summed E-state index contributed by atoms with van der Waals surface area (Å²) in [5.74, 6) is -0.0131. The summed E-state index contributed by atoms with van der Waals surface area (Å²) in [5, 5.41) is 10.3. The van der Waals surface area contributed by atoms with Crippen LogP contribution in [0.1, 0.15) is 36.8 Å². The van der Waals surface area contributed by atoms with Crippen molar-refractivity contribution < 1.29 is 9.59 Å². The third-order valence-corrected chi connectivity index (χ3v) is 5.06. The number of carbonyl (C=O) groups is 2. The van der Waals surface area contributed by atoms with E-state index in [1.807, 2.05) is 29.1 Å². The molecular formula is C20H25N5O2. The van der Waals surface area contributed by atoms with Crippen molar-refractivity contribution in [1.29, 1.82) is 0 Å². The van der Waals surface area contributed by atoms with Gasteiger partial charge in [-0.2, -0.15) is 5.10 Å². The van der Waals surface area contributed by atoms with E-state index < -0.39 is 0 Å². The first-order valence-corrected chi connectivity index (χ1v) is 9.59. The monoisotopic (exact) mass is 367 g/mol. The van der Waals surface area contributed by atoms with E-state index in [4.69, 9.17) is 0 Å². The summed E-state index contributed by atoms with van der Waals surface area (Å²) in [6.07, 6.45) is 7.42. The Morgan fingerprint density at radius 1 is 1.11 bits per heavy atom. The molecule has 2 heterocycles. The van der Waals surface area contributed by atoms with Crippen molar-refractivity contribution in [1.82, 2.24) is 25.3 Å². The number of benzene rings is 1. The summed E-state index contributed by atoms with van der Waals surface area (Å²) in [6.45, 7) is 1.73. The van der Waals surface area contributed by atoms with Gasteiger partial charge in [0.2, 0.25) is 5.91 Å². The zero-order chi connectivity index (χ0) is 18.6. The molecule has 2 aliphatic rings. The Hall–Kier alpha value is -2.83. The molecule has 1 atom stereocenters. The number of urea groups is 1. The highest BCUT2D eigenvalue weighted by atomic mass is 16.2. The van der Waals surface area contributed by atoms with Crippen LogP contribution in [0.2, 0.25) is 0 Å². The molecule has 1 aromatic heterocycles. The number of nitrogens with one attached hydrogen (secondary N) is 2. The first-order valence-electron chi connectivity index (χ1n) is 9.59. The van der Waals surface area contributed by atoms with E-state index in [-0.39, 0.29) is 18.0 Å². The molecule has 1 aliphatic heterocycles. The van der Waals surface area contributed by atoms with Gasteiger partial charge in [0.15, 0.2) is 0 Å². The van der Waals surface area contributed by atoms with Crippen LogP contribution in [0.4, 0.5) is 4.79 Å². The topological polar surface area (TPSA) is 79.3 Å². The van der Waals surface area contributed by atoms with Crippen molar-refractivity contribution in [3.8, 4) is 0 Å². The first-order chi connectivity index (χ1) is 13.2. The summed E-state index contributed by atoms with van der Waals surface area (Å²) in [4.78, 5) is 26.5. The molecular weight excluding hydrogens is 342 g/mol. The fraction of sp³-hybridized carbons (Fsp3) is 0.450. The van der Waals surface area contributed by atoms with Gasteiger partial charge in [0.05, 0.1) is 12.7 Å². The summed E-state index contributed by atoms with van der Waals surface area (Å²) in [5.41, 5.74) is 2.12. The van der Waals surface area contributed by atoms with Crippen LogP contribution in [0.25, 0.3) is 0 Å². The molecule has 1 saturated heterocycles. The lowest BCUT2D eigenvalue weighted by molar-refractivity contribution is -0.124. The van der Waals surface area contributed by atoms with Crippen molar-refractivity contribution in [2.45, 2.75) is 50.9 Å². The lowest BCUT2D eigenvalue weighted by Gasteiger charge is -2.24. The van der Waals surface area contributed by atoms with Crippen LogP contribution < -0.4 is 10.6 Å². The molecule has 7 nitrogen and oxygen atoms in total. The molecule has 0 bridgehead atoms. The van der Waals surface area contributed by atoms with E-state index in [0.29, 0.717) is 25.7 Å². The van der Waals surface area contributed by atoms with E-state index in [1.165, 1.54) is 5.56 Å². The van der Waals surface area contributed by atoms with E-state index in [9.17, 15) is 9.59 Å². The highest BCUT2D eigenvalue weighted by Gasteiger charge is 2.36. The summed E-state index contributed by atoms with van der Waals surface area (Å²) >= 11 is 0. The summed E-state index contributed by atoms with van der Waals surface area (Å²) < 4.78 is 1.86. The SMILES string of the molecule is O=C(NC1CC1)C1CCCN1C(=O)NCc1cnn(Cc2ccccc2)c1. The minimum absolute atomic E-state index is 0.0131. The largest absolute Gasteiger partial charge is 0.352 e. The van der Waals surface area contributed by atoms with Gasteiger partial charge < -0.3 is 15.5 Å². The zero-order valence-corrected chi connectivity index (χ0v) is 15.3. The second-order valence-corrected chi connectivity index (χ2v) is 7.32. The Labute approximate surface area is 158 Å². The van der Waals surface area contributed by atoms with Crippen molar-refractivity contribution in [2.24, 2.45) is 0 Å². The van der Waals surface area contributed by atoms with Crippen LogP contribution in [0.3, 0.4) is 0 Å². The first kappa shape index (κ1) is 17.6. The van der Waals surface area contributed by atoms with E-state index in [2.05, 4.69) is 27.9 Å². The standard InChI is InChI=1S/C20H25N5O2/c26-19(23-17-8-9-17)18-7-4-10-25(18)20(27)21-11-16-12-22-24(14-16)13-15-5-2-1-3-6-15/h1-3,5-6,12,14,17-18H,4,7-11,13H2,(H,21,27)(H,23,26). The van der Waals surface area contributed by atoms with Crippen molar-refractivity contribution >= 4 is 11.9 Å². The number of nitrogens with zero attached hydrogens (tertiary/aromatic N) is 3. The Bertz CT molecular complexity index is 800. The molecule has 3 amide bonds. The highest BCUT2D eigenvalue weighted by molar-refractivity contribution is 5.88. The average Bonchev–Trinajstić information content (AvgIpc) is 3.18. The molecule has 4 rings (SSSR count). The summed E-state index contributed by atoms with van der Waals surface area (Å²) in [6, 6.07) is 9.91. The molecule has 2 fully saturated rings. The maximum Gasteiger partial charge on any atom is 0.318 e. The molecule has 0 spiro atoms. The minimum Gasteiger partial charge on any atom is -0.352 e. The molecule has 1 saturated carbocycles. The second kappa shape index (κ2) is 7.82. The van der Waals surface area contributed by atoms with Gasteiger partial charge >= 0.3 is 6.03 Å². The molecule has 2 aromatic rings. The Balaban J connectivity index is 1.29. The van der Waals surface area contributed by atoms with Gasteiger partial charge in [-0.1, -0.05) is 30.3 Å². The molecule has 1 unspecified atom stereocenters. The Morgan fingerprint density at radius 2 is 1.93 bits per heavy atom. The number of aromatic nitrogens is 2. The normalized spacial score (nSPS) is 19.1. The summed E-state index contributed by atoms with van der Waals surface area (Å²) in [7, 11) is 0. The maximum absolute atomic E-state index is 12.5. The lowest BCUT2D eigenvalue weighted by Crippen LogP contribution is -2.49. The van der Waals surface area contributed by atoms with Gasteiger partial charge in [-0.15, -0.1) is 0 Å². The second-order valence-electron chi connectivity index (χ2n) is 7.32. The number of carbonyl (C=O) groups excluding carboxylic acids is 2. The zero-order valence-electron chi connectivity index (χ0n) is 15.3. The fourth-order valence-corrected chi connectivity index (χ4v) is 3.44. The van der Waals surface area contributed by atoms with Gasteiger partial charge in [-0.3, -0.25) is 9.48 Å². The van der Waals surface area contributed by atoms with Crippen LogP contribution in [0.5, 0.6) is 0 Å². The fourth-order valence-electron chi connectivity index (χ4n) is 3.44. The van der Waals surface area contributed by atoms with Crippen LogP contribution in [-0.4, -0.2) is 45.2 Å². The van der Waals surface area contributed by atoms with Gasteiger partial charge in [0, 0.05) is 30.9 Å². The molecule has 1 aliphatic carbocycles. The minimum atomic E-state index is -0.341. The predicted molar refractivity (Wildman–Crippen MR) is 101 cm³/mol. The average molecular weight is 367 g/mol. The number of hydrogen-bond donors (Lipinski definition) is 2. The molecule has 0 radical (unpaired) electrons. The van der Waals surface area contributed by atoms with Crippen LogP contribution in [0.15, 0.2) is 42.7 Å². The highest BCUT2D eigenvalue weighted by Crippen LogP contribution is 2.22. The van der Waals surface area contributed by atoms with Gasteiger partial charge in [-0.05, 0) is 31.2 Å². The van der Waals surface area contributed by atoms with Gasteiger partial charge in [0.25, 0.3) is 0 Å². The Kier molecular flexibility index (Phi) is 5.09. The van der Waals surface area contributed by atoms with Crippen LogP contribution in [0, 0.1) is 0 Å². The molecule has 1 aromatic carbocycles. The van der Waals surface area contributed by atoms with E-state index >= 15 is 0 Å². The van der Waals surface area contributed by atoms with Gasteiger partial charge in [-0.25, -0.2) is 4.79 Å². The number of rotatable bonds is 6. The lowest BCUT2D eigenvalue weighted by atomic mass is 10.2. The quantitative estimate of drug-likeness (QED) is 0.818. The van der Waals surface area contributed by atoms with E-state index in [1.54, 1.807) is 11.1 Å². The Morgan fingerprint density at radius 3 is 2.70 bits per heavy atom. The molecule has 7 heteroatoms. The number of hydrogen-bond acceptors (Lipinski definition) is 3. The third kappa shape index (κ3) is 4.48. The number of amides is 3. The molecule has 2 N–H and O–H groups in total. The maximum atomic E-state index is 12.5. The smallest absolute Gasteiger partial charge is 0.318 e. The molecule has 27 heavy (non-hydrogen) atoms. The van der Waals surface area contributed by atoms with Crippen molar-refractivity contribution in [3.05, 3.63) is 53.9 Å². The van der Waals surface area contributed by atoms with E-state index in [0.717, 1.165) is 31.2 Å². The molecule has 142 valence electrons. The van der Waals surface area contributed by atoms with Crippen molar-refractivity contribution in [2.75, 3.05) is 6.54 Å².